The lowest BCUT2D eigenvalue weighted by Crippen LogP contribution is -2.61. The standard InChI is InChI=1S/C21H23ClN4O2/c22-16-5-3-14(4-6-16)12-24-20(28)26-18-10-21(11-18)8-17(9-21)25-19(27)15-2-1-7-23-13-15/h1-7,13,17-18H,8-12H2,(H,25,27)(H2,24,26,28). The number of rotatable bonds is 5. The minimum atomic E-state index is -0.143. The van der Waals surface area contributed by atoms with Crippen molar-refractivity contribution in [2.24, 2.45) is 5.41 Å². The summed E-state index contributed by atoms with van der Waals surface area (Å²) in [5.41, 5.74) is 1.88. The second-order valence-corrected chi connectivity index (χ2v) is 8.32. The molecule has 146 valence electrons. The molecule has 2 aliphatic rings. The number of halogens is 1. The summed E-state index contributed by atoms with van der Waals surface area (Å²) in [5.74, 6) is -0.0662. The third kappa shape index (κ3) is 4.28. The summed E-state index contributed by atoms with van der Waals surface area (Å²) >= 11 is 5.86. The van der Waals surface area contributed by atoms with Gasteiger partial charge >= 0.3 is 6.03 Å². The molecular weight excluding hydrogens is 376 g/mol. The molecule has 3 N–H and O–H groups in total. The summed E-state index contributed by atoms with van der Waals surface area (Å²) in [6.07, 6.45) is 7.13. The SMILES string of the molecule is O=C(NCc1ccc(Cl)cc1)NC1CC2(C1)CC(NC(=O)c1cccnc1)C2. The van der Waals surface area contributed by atoms with Crippen molar-refractivity contribution in [2.75, 3.05) is 0 Å². The molecule has 2 fully saturated rings. The van der Waals surface area contributed by atoms with Crippen molar-refractivity contribution in [2.45, 2.75) is 44.3 Å². The van der Waals surface area contributed by atoms with Gasteiger partial charge in [0.25, 0.3) is 5.91 Å². The molecule has 1 aromatic heterocycles. The van der Waals surface area contributed by atoms with Crippen LogP contribution in [0, 0.1) is 5.41 Å². The number of nitrogens with zero attached hydrogens (tertiary/aromatic N) is 1. The van der Waals surface area contributed by atoms with Crippen molar-refractivity contribution < 1.29 is 9.59 Å². The van der Waals surface area contributed by atoms with Crippen LogP contribution in [0.2, 0.25) is 5.02 Å². The maximum absolute atomic E-state index is 12.2. The van der Waals surface area contributed by atoms with Crippen LogP contribution in [-0.2, 0) is 6.54 Å². The van der Waals surface area contributed by atoms with Crippen LogP contribution < -0.4 is 16.0 Å². The number of urea groups is 1. The van der Waals surface area contributed by atoms with E-state index in [9.17, 15) is 9.59 Å². The van der Waals surface area contributed by atoms with Gasteiger partial charge in [-0.25, -0.2) is 4.79 Å². The second kappa shape index (κ2) is 7.80. The number of pyridine rings is 1. The minimum Gasteiger partial charge on any atom is -0.349 e. The molecule has 3 amide bonds. The van der Waals surface area contributed by atoms with Crippen molar-refractivity contribution in [1.82, 2.24) is 20.9 Å². The fourth-order valence-corrected chi connectivity index (χ4v) is 4.42. The zero-order chi connectivity index (χ0) is 19.6. The van der Waals surface area contributed by atoms with Gasteiger partial charge in [0.2, 0.25) is 0 Å². The van der Waals surface area contributed by atoms with Gasteiger partial charge in [0.1, 0.15) is 0 Å². The zero-order valence-corrected chi connectivity index (χ0v) is 16.2. The third-order valence-electron chi connectivity index (χ3n) is 5.68. The maximum atomic E-state index is 12.2. The van der Waals surface area contributed by atoms with Crippen LogP contribution in [0.4, 0.5) is 4.79 Å². The molecule has 1 aromatic carbocycles. The minimum absolute atomic E-state index is 0.0662. The van der Waals surface area contributed by atoms with E-state index in [2.05, 4.69) is 20.9 Å². The molecular formula is C21H23ClN4O2. The number of nitrogens with one attached hydrogen (secondary N) is 3. The average Bonchev–Trinajstić information content (AvgIpc) is 2.64. The van der Waals surface area contributed by atoms with E-state index >= 15 is 0 Å². The van der Waals surface area contributed by atoms with Crippen molar-refractivity contribution in [3.05, 3.63) is 64.9 Å². The first-order chi connectivity index (χ1) is 13.5. The number of carbonyl (C=O) groups excluding carboxylic acids is 2. The van der Waals surface area contributed by atoms with Crippen LogP contribution >= 0.6 is 11.6 Å². The smallest absolute Gasteiger partial charge is 0.315 e. The van der Waals surface area contributed by atoms with Gasteiger partial charge in [-0.05, 0) is 60.9 Å². The lowest BCUT2D eigenvalue weighted by molar-refractivity contribution is -0.0236. The topological polar surface area (TPSA) is 83.1 Å². The predicted molar refractivity (Wildman–Crippen MR) is 107 cm³/mol. The second-order valence-electron chi connectivity index (χ2n) is 7.88. The number of amides is 3. The highest BCUT2D eigenvalue weighted by Crippen LogP contribution is 2.55. The number of carbonyl (C=O) groups is 2. The first kappa shape index (κ1) is 18.7. The molecule has 2 aromatic rings. The van der Waals surface area contributed by atoms with E-state index in [-0.39, 0.29) is 29.4 Å². The third-order valence-corrected chi connectivity index (χ3v) is 5.93. The van der Waals surface area contributed by atoms with Gasteiger partial charge in [0, 0.05) is 36.0 Å². The fraction of sp³-hybridized carbons (Fsp3) is 0.381. The normalized spacial score (nSPS) is 25.3. The van der Waals surface area contributed by atoms with Crippen LogP contribution in [-0.4, -0.2) is 29.0 Å². The Bertz CT molecular complexity index is 842. The number of hydrogen-bond donors (Lipinski definition) is 3. The van der Waals surface area contributed by atoms with E-state index in [4.69, 9.17) is 11.6 Å². The molecule has 0 aliphatic heterocycles. The molecule has 0 bridgehead atoms. The molecule has 0 radical (unpaired) electrons. The van der Waals surface area contributed by atoms with E-state index in [0.717, 1.165) is 31.2 Å². The number of hydrogen-bond acceptors (Lipinski definition) is 3. The molecule has 1 heterocycles. The average molecular weight is 399 g/mol. The predicted octanol–water partition coefficient (Wildman–Crippen LogP) is 3.28. The highest BCUT2D eigenvalue weighted by atomic mass is 35.5. The maximum Gasteiger partial charge on any atom is 0.315 e. The molecule has 2 aliphatic carbocycles. The van der Waals surface area contributed by atoms with Crippen LogP contribution in [0.15, 0.2) is 48.8 Å². The Morgan fingerprint density at radius 3 is 2.36 bits per heavy atom. The Morgan fingerprint density at radius 1 is 1.04 bits per heavy atom. The highest BCUT2D eigenvalue weighted by molar-refractivity contribution is 6.30. The van der Waals surface area contributed by atoms with Crippen LogP contribution in [0.3, 0.4) is 0 Å². The van der Waals surface area contributed by atoms with Gasteiger partial charge in [-0.15, -0.1) is 0 Å². The Balaban J connectivity index is 1.14. The monoisotopic (exact) mass is 398 g/mol. The van der Waals surface area contributed by atoms with Crippen LogP contribution in [0.5, 0.6) is 0 Å². The molecule has 2 saturated carbocycles. The van der Waals surface area contributed by atoms with Crippen molar-refractivity contribution in [1.29, 1.82) is 0 Å². The quantitative estimate of drug-likeness (QED) is 0.722. The first-order valence-electron chi connectivity index (χ1n) is 9.51. The van der Waals surface area contributed by atoms with Crippen LogP contribution in [0.1, 0.15) is 41.6 Å². The Morgan fingerprint density at radius 2 is 1.71 bits per heavy atom. The van der Waals surface area contributed by atoms with E-state index < -0.39 is 0 Å². The van der Waals surface area contributed by atoms with Gasteiger partial charge < -0.3 is 16.0 Å². The first-order valence-corrected chi connectivity index (χ1v) is 9.89. The Labute approximate surface area is 169 Å². The van der Waals surface area contributed by atoms with Gasteiger partial charge in [-0.1, -0.05) is 23.7 Å². The summed E-state index contributed by atoms with van der Waals surface area (Å²) < 4.78 is 0. The van der Waals surface area contributed by atoms with Crippen LogP contribution in [0.25, 0.3) is 0 Å². The van der Waals surface area contributed by atoms with E-state index in [1.165, 1.54) is 0 Å². The fourth-order valence-electron chi connectivity index (χ4n) is 4.30. The molecule has 0 saturated heterocycles. The molecule has 1 spiro atoms. The molecule has 0 unspecified atom stereocenters. The molecule has 0 atom stereocenters. The summed E-state index contributed by atoms with van der Waals surface area (Å²) in [6, 6.07) is 11.2. The number of aromatic nitrogens is 1. The van der Waals surface area contributed by atoms with E-state index in [1.807, 2.05) is 24.3 Å². The summed E-state index contributed by atoms with van der Waals surface area (Å²) in [4.78, 5) is 28.2. The van der Waals surface area contributed by atoms with Crippen molar-refractivity contribution >= 4 is 23.5 Å². The van der Waals surface area contributed by atoms with Gasteiger partial charge in [0.15, 0.2) is 0 Å². The summed E-state index contributed by atoms with van der Waals surface area (Å²) in [6.45, 7) is 0.476. The van der Waals surface area contributed by atoms with E-state index in [0.29, 0.717) is 17.1 Å². The summed E-state index contributed by atoms with van der Waals surface area (Å²) in [5, 5.41) is 9.66. The molecule has 7 heteroatoms. The lowest BCUT2D eigenvalue weighted by Gasteiger charge is -2.57. The van der Waals surface area contributed by atoms with Gasteiger partial charge in [0.05, 0.1) is 5.56 Å². The van der Waals surface area contributed by atoms with Crippen molar-refractivity contribution in [3.8, 4) is 0 Å². The van der Waals surface area contributed by atoms with Gasteiger partial charge in [-0.3, -0.25) is 9.78 Å². The van der Waals surface area contributed by atoms with E-state index in [1.54, 1.807) is 24.5 Å². The molecule has 6 nitrogen and oxygen atoms in total. The van der Waals surface area contributed by atoms with Crippen molar-refractivity contribution in [3.63, 3.8) is 0 Å². The molecule has 4 rings (SSSR count). The van der Waals surface area contributed by atoms with Gasteiger partial charge in [-0.2, -0.15) is 0 Å². The lowest BCUT2D eigenvalue weighted by atomic mass is 9.52. The number of benzene rings is 1. The Kier molecular flexibility index (Phi) is 5.22. The summed E-state index contributed by atoms with van der Waals surface area (Å²) in [7, 11) is 0. The Hall–Kier alpha value is -2.60. The zero-order valence-electron chi connectivity index (χ0n) is 15.5. The largest absolute Gasteiger partial charge is 0.349 e. The molecule has 28 heavy (non-hydrogen) atoms. The highest BCUT2D eigenvalue weighted by Gasteiger charge is 2.53.